The number of aryl methyl sites for hydroxylation is 3. The van der Waals surface area contributed by atoms with Crippen molar-refractivity contribution in [2.45, 2.75) is 20.8 Å². The zero-order valence-corrected chi connectivity index (χ0v) is 15.8. The topological polar surface area (TPSA) is 76.1 Å². The Balaban J connectivity index is 1.85. The molecule has 138 valence electrons. The largest absolute Gasteiger partial charge is 0.495 e. The number of rotatable bonds is 5. The maximum atomic E-state index is 12.7. The highest BCUT2D eigenvalue weighted by molar-refractivity contribution is 6.03. The summed E-state index contributed by atoms with van der Waals surface area (Å²) in [5.74, 6) is 1.43. The fourth-order valence-corrected chi connectivity index (χ4v) is 2.88. The molecule has 1 amide bonds. The van der Waals surface area contributed by atoms with E-state index in [2.05, 4.69) is 26.7 Å². The molecule has 6 nitrogen and oxygen atoms in total. The van der Waals surface area contributed by atoms with Crippen molar-refractivity contribution in [1.82, 2.24) is 9.97 Å². The molecule has 0 unspecified atom stereocenters. The summed E-state index contributed by atoms with van der Waals surface area (Å²) in [4.78, 5) is 21.3. The molecule has 0 radical (unpaired) electrons. The normalized spacial score (nSPS) is 10.4. The number of amides is 1. The Morgan fingerprint density at radius 2 is 1.67 bits per heavy atom. The number of hydrogen-bond acceptors (Lipinski definition) is 5. The van der Waals surface area contributed by atoms with E-state index >= 15 is 0 Å². The van der Waals surface area contributed by atoms with Crippen molar-refractivity contribution in [2.24, 2.45) is 0 Å². The molecular formula is C21H22N4O2. The van der Waals surface area contributed by atoms with Gasteiger partial charge in [-0.15, -0.1) is 0 Å². The van der Waals surface area contributed by atoms with Gasteiger partial charge in [-0.3, -0.25) is 4.79 Å². The lowest BCUT2D eigenvalue weighted by Crippen LogP contribution is -2.15. The van der Waals surface area contributed by atoms with Crippen LogP contribution in [0.3, 0.4) is 0 Å². The Morgan fingerprint density at radius 3 is 2.37 bits per heavy atom. The summed E-state index contributed by atoms with van der Waals surface area (Å²) in [6, 6.07) is 15.0. The molecule has 3 rings (SSSR count). The minimum Gasteiger partial charge on any atom is -0.495 e. The number of carbonyl (C=O) groups is 1. The van der Waals surface area contributed by atoms with Crippen LogP contribution in [0.4, 0.5) is 17.2 Å². The molecular weight excluding hydrogens is 340 g/mol. The number of aromatic nitrogens is 2. The molecule has 0 saturated carbocycles. The van der Waals surface area contributed by atoms with Crippen LogP contribution in [-0.2, 0) is 0 Å². The predicted octanol–water partition coefficient (Wildman–Crippen LogP) is 4.41. The second kappa shape index (κ2) is 7.86. The van der Waals surface area contributed by atoms with Crippen LogP contribution in [-0.4, -0.2) is 23.0 Å². The molecule has 27 heavy (non-hydrogen) atoms. The second-order valence-electron chi connectivity index (χ2n) is 6.34. The second-order valence-corrected chi connectivity index (χ2v) is 6.34. The lowest BCUT2D eigenvalue weighted by Gasteiger charge is -2.12. The quantitative estimate of drug-likeness (QED) is 0.703. The molecule has 0 aliphatic rings. The Hall–Kier alpha value is -3.41. The monoisotopic (exact) mass is 362 g/mol. The molecule has 1 aromatic heterocycles. The van der Waals surface area contributed by atoms with Crippen molar-refractivity contribution in [3.8, 4) is 5.75 Å². The predicted molar refractivity (Wildman–Crippen MR) is 107 cm³/mol. The van der Waals surface area contributed by atoms with E-state index in [-0.39, 0.29) is 5.91 Å². The summed E-state index contributed by atoms with van der Waals surface area (Å²) < 4.78 is 5.34. The van der Waals surface area contributed by atoms with Crippen molar-refractivity contribution >= 4 is 23.1 Å². The zero-order valence-electron chi connectivity index (χ0n) is 15.8. The molecule has 6 heteroatoms. The highest BCUT2D eigenvalue weighted by Gasteiger charge is 2.12. The third kappa shape index (κ3) is 4.61. The maximum absolute atomic E-state index is 12.7. The van der Waals surface area contributed by atoms with Gasteiger partial charge in [-0.2, -0.15) is 0 Å². The van der Waals surface area contributed by atoms with E-state index in [1.807, 2.05) is 50.2 Å². The SMILES string of the molecule is COc1ccccc1Nc1cc(C(=O)Nc2cc(C)cc(C)c2)nc(C)n1. The van der Waals surface area contributed by atoms with Crippen LogP contribution in [0.2, 0.25) is 0 Å². The standard InChI is InChI=1S/C21H22N4O2/c1-13-9-14(2)11-16(10-13)24-21(26)18-12-20(23-15(3)22-18)25-17-7-5-6-8-19(17)27-4/h5-12H,1-4H3,(H,24,26)(H,22,23,25). The van der Waals surface area contributed by atoms with Crippen LogP contribution in [0.1, 0.15) is 27.4 Å². The summed E-state index contributed by atoms with van der Waals surface area (Å²) >= 11 is 0. The molecule has 0 fully saturated rings. The number of anilines is 3. The molecule has 2 aromatic carbocycles. The highest BCUT2D eigenvalue weighted by atomic mass is 16.5. The summed E-state index contributed by atoms with van der Waals surface area (Å²) in [5, 5.41) is 6.08. The molecule has 0 spiro atoms. The summed E-state index contributed by atoms with van der Waals surface area (Å²) in [5.41, 5.74) is 3.97. The van der Waals surface area contributed by atoms with Crippen LogP contribution in [0.25, 0.3) is 0 Å². The van der Waals surface area contributed by atoms with Gasteiger partial charge in [0.1, 0.15) is 23.1 Å². The molecule has 3 aromatic rings. The van der Waals surface area contributed by atoms with Gasteiger partial charge in [0.15, 0.2) is 0 Å². The fraction of sp³-hybridized carbons (Fsp3) is 0.190. The first-order valence-electron chi connectivity index (χ1n) is 8.60. The van der Waals surface area contributed by atoms with E-state index in [0.29, 0.717) is 23.1 Å². The van der Waals surface area contributed by atoms with Gasteiger partial charge in [0.05, 0.1) is 12.8 Å². The Kier molecular flexibility index (Phi) is 5.35. The number of benzene rings is 2. The summed E-state index contributed by atoms with van der Waals surface area (Å²) in [7, 11) is 1.61. The van der Waals surface area contributed by atoms with E-state index in [1.165, 1.54) is 0 Å². The Morgan fingerprint density at radius 1 is 0.963 bits per heavy atom. The van der Waals surface area contributed by atoms with Gasteiger partial charge in [-0.1, -0.05) is 18.2 Å². The lowest BCUT2D eigenvalue weighted by molar-refractivity contribution is 0.102. The van der Waals surface area contributed by atoms with Crippen molar-refractivity contribution in [3.05, 3.63) is 71.2 Å². The minimum atomic E-state index is -0.284. The van der Waals surface area contributed by atoms with Gasteiger partial charge < -0.3 is 15.4 Å². The van der Waals surface area contributed by atoms with Gasteiger partial charge in [-0.05, 0) is 56.2 Å². The van der Waals surface area contributed by atoms with Crippen LogP contribution in [0.15, 0.2) is 48.5 Å². The van der Waals surface area contributed by atoms with Gasteiger partial charge in [0.2, 0.25) is 0 Å². The van der Waals surface area contributed by atoms with Crippen molar-refractivity contribution in [2.75, 3.05) is 17.7 Å². The van der Waals surface area contributed by atoms with Crippen LogP contribution in [0.5, 0.6) is 5.75 Å². The number of nitrogens with zero attached hydrogens (tertiary/aromatic N) is 2. The molecule has 0 atom stereocenters. The van der Waals surface area contributed by atoms with Gasteiger partial charge in [-0.25, -0.2) is 9.97 Å². The summed E-state index contributed by atoms with van der Waals surface area (Å²) in [6.45, 7) is 5.74. The number of hydrogen-bond donors (Lipinski definition) is 2. The Labute approximate surface area is 158 Å². The average Bonchev–Trinajstić information content (AvgIpc) is 2.60. The first-order valence-corrected chi connectivity index (χ1v) is 8.60. The number of carbonyl (C=O) groups excluding carboxylic acids is 1. The van der Waals surface area contributed by atoms with Gasteiger partial charge >= 0.3 is 0 Å². The Bertz CT molecular complexity index is 965. The molecule has 0 bridgehead atoms. The van der Waals surface area contributed by atoms with Crippen LogP contribution < -0.4 is 15.4 Å². The van der Waals surface area contributed by atoms with E-state index in [0.717, 1.165) is 22.5 Å². The zero-order chi connectivity index (χ0) is 19.4. The van der Waals surface area contributed by atoms with Crippen molar-refractivity contribution < 1.29 is 9.53 Å². The first kappa shape index (κ1) is 18.4. The number of nitrogens with one attached hydrogen (secondary N) is 2. The van der Waals surface area contributed by atoms with E-state index in [1.54, 1.807) is 20.1 Å². The smallest absolute Gasteiger partial charge is 0.274 e. The number of para-hydroxylation sites is 2. The third-order valence-corrected chi connectivity index (χ3v) is 3.92. The molecule has 0 aliphatic heterocycles. The van der Waals surface area contributed by atoms with Crippen LogP contribution in [0, 0.1) is 20.8 Å². The average molecular weight is 362 g/mol. The summed E-state index contributed by atoms with van der Waals surface area (Å²) in [6.07, 6.45) is 0. The first-order chi connectivity index (χ1) is 12.9. The molecule has 0 saturated heterocycles. The van der Waals surface area contributed by atoms with E-state index in [4.69, 9.17) is 4.74 Å². The van der Waals surface area contributed by atoms with Crippen molar-refractivity contribution in [1.29, 1.82) is 0 Å². The number of ether oxygens (including phenoxy) is 1. The van der Waals surface area contributed by atoms with E-state index < -0.39 is 0 Å². The highest BCUT2D eigenvalue weighted by Crippen LogP contribution is 2.26. The molecule has 2 N–H and O–H groups in total. The maximum Gasteiger partial charge on any atom is 0.274 e. The van der Waals surface area contributed by atoms with Crippen molar-refractivity contribution in [3.63, 3.8) is 0 Å². The molecule has 1 heterocycles. The van der Waals surface area contributed by atoms with Crippen LogP contribution >= 0.6 is 0 Å². The number of methoxy groups -OCH3 is 1. The lowest BCUT2D eigenvalue weighted by atomic mass is 10.1. The minimum absolute atomic E-state index is 0.284. The molecule has 0 aliphatic carbocycles. The van der Waals surface area contributed by atoms with Gasteiger partial charge in [0.25, 0.3) is 5.91 Å². The van der Waals surface area contributed by atoms with Gasteiger partial charge in [0, 0.05) is 11.8 Å². The third-order valence-electron chi connectivity index (χ3n) is 3.92. The fourth-order valence-electron chi connectivity index (χ4n) is 2.88. The van der Waals surface area contributed by atoms with E-state index in [9.17, 15) is 4.79 Å².